The molecule has 2 aromatic carbocycles. The molecule has 0 spiro atoms. The Bertz CT molecular complexity index is 859. The SMILES string of the molecule is CC(=O)N(C)c1ccc(NC(=O)C2=Cc3cc(Cl)ccc3OC2)cc1. The van der Waals surface area contributed by atoms with Crippen molar-refractivity contribution in [1.82, 2.24) is 0 Å². The number of rotatable bonds is 3. The first-order valence-corrected chi connectivity index (χ1v) is 8.10. The third-order valence-corrected chi connectivity index (χ3v) is 4.20. The summed E-state index contributed by atoms with van der Waals surface area (Å²) in [4.78, 5) is 25.3. The maximum absolute atomic E-state index is 12.4. The van der Waals surface area contributed by atoms with E-state index in [-0.39, 0.29) is 18.4 Å². The molecular weight excluding hydrogens is 340 g/mol. The van der Waals surface area contributed by atoms with Gasteiger partial charge in [0.05, 0.1) is 5.57 Å². The van der Waals surface area contributed by atoms with Crippen molar-refractivity contribution in [1.29, 1.82) is 0 Å². The summed E-state index contributed by atoms with van der Waals surface area (Å²) in [6.07, 6.45) is 1.78. The Labute approximate surface area is 150 Å². The first-order valence-electron chi connectivity index (χ1n) is 7.72. The molecular formula is C19H17ClN2O3. The molecule has 0 aromatic heterocycles. The van der Waals surface area contributed by atoms with Crippen molar-refractivity contribution in [3.05, 3.63) is 58.6 Å². The normalized spacial score (nSPS) is 12.5. The number of carbonyl (C=O) groups excluding carboxylic acids is 2. The zero-order valence-electron chi connectivity index (χ0n) is 13.9. The van der Waals surface area contributed by atoms with Crippen LogP contribution in [-0.2, 0) is 9.59 Å². The van der Waals surface area contributed by atoms with Gasteiger partial charge in [0, 0.05) is 35.9 Å². The van der Waals surface area contributed by atoms with Gasteiger partial charge in [-0.3, -0.25) is 9.59 Å². The summed E-state index contributed by atoms with van der Waals surface area (Å²) in [5.74, 6) is 0.412. The molecule has 2 aromatic rings. The molecule has 1 aliphatic rings. The topological polar surface area (TPSA) is 58.6 Å². The van der Waals surface area contributed by atoms with Crippen LogP contribution in [0.3, 0.4) is 0 Å². The fourth-order valence-electron chi connectivity index (χ4n) is 2.44. The Kier molecular flexibility index (Phi) is 4.76. The van der Waals surface area contributed by atoms with Crippen LogP contribution >= 0.6 is 11.6 Å². The predicted molar refractivity (Wildman–Crippen MR) is 99.1 cm³/mol. The third kappa shape index (κ3) is 3.83. The molecule has 0 bridgehead atoms. The number of benzene rings is 2. The molecule has 3 rings (SSSR count). The molecule has 0 aliphatic carbocycles. The molecule has 25 heavy (non-hydrogen) atoms. The molecule has 128 valence electrons. The maximum Gasteiger partial charge on any atom is 0.255 e. The number of anilines is 2. The fourth-order valence-corrected chi connectivity index (χ4v) is 2.62. The maximum atomic E-state index is 12.4. The van der Waals surface area contributed by atoms with Crippen molar-refractivity contribution < 1.29 is 14.3 Å². The molecule has 0 atom stereocenters. The molecule has 0 saturated heterocycles. The highest BCUT2D eigenvalue weighted by Gasteiger charge is 2.17. The number of fused-ring (bicyclic) bond motifs is 1. The number of carbonyl (C=O) groups is 2. The van der Waals surface area contributed by atoms with E-state index in [4.69, 9.17) is 16.3 Å². The second-order valence-electron chi connectivity index (χ2n) is 5.72. The molecule has 6 heteroatoms. The molecule has 5 nitrogen and oxygen atoms in total. The lowest BCUT2D eigenvalue weighted by molar-refractivity contribution is -0.116. The fraction of sp³-hybridized carbons (Fsp3) is 0.158. The van der Waals surface area contributed by atoms with Crippen LogP contribution < -0.4 is 15.0 Å². The Morgan fingerprint density at radius 3 is 2.56 bits per heavy atom. The van der Waals surface area contributed by atoms with E-state index in [2.05, 4.69) is 5.32 Å². The molecule has 0 saturated carbocycles. The predicted octanol–water partition coefficient (Wildman–Crippen LogP) is 3.74. The van der Waals surface area contributed by atoms with Gasteiger partial charge < -0.3 is 15.0 Å². The van der Waals surface area contributed by atoms with E-state index in [1.165, 1.54) is 11.8 Å². The van der Waals surface area contributed by atoms with E-state index in [9.17, 15) is 9.59 Å². The Morgan fingerprint density at radius 1 is 1.16 bits per heavy atom. The van der Waals surface area contributed by atoms with Crippen LogP contribution in [0, 0.1) is 0 Å². The largest absolute Gasteiger partial charge is 0.488 e. The van der Waals surface area contributed by atoms with Crippen LogP contribution in [0.25, 0.3) is 6.08 Å². The minimum atomic E-state index is -0.238. The summed E-state index contributed by atoms with van der Waals surface area (Å²) in [5, 5.41) is 3.42. The highest BCUT2D eigenvalue weighted by atomic mass is 35.5. The van der Waals surface area contributed by atoms with Gasteiger partial charge in [-0.1, -0.05) is 11.6 Å². The Morgan fingerprint density at radius 2 is 1.88 bits per heavy atom. The number of ether oxygens (including phenoxy) is 1. The number of halogens is 1. The minimum Gasteiger partial charge on any atom is -0.488 e. The van der Waals surface area contributed by atoms with Gasteiger partial charge in [0.1, 0.15) is 12.4 Å². The van der Waals surface area contributed by atoms with E-state index < -0.39 is 0 Å². The van der Waals surface area contributed by atoms with Gasteiger partial charge >= 0.3 is 0 Å². The number of nitrogens with one attached hydrogen (secondary N) is 1. The summed E-state index contributed by atoms with van der Waals surface area (Å²) < 4.78 is 5.59. The van der Waals surface area contributed by atoms with Crippen LogP contribution in [-0.4, -0.2) is 25.5 Å². The lowest BCUT2D eigenvalue weighted by Crippen LogP contribution is -2.23. The van der Waals surface area contributed by atoms with E-state index >= 15 is 0 Å². The number of amides is 2. The zero-order valence-corrected chi connectivity index (χ0v) is 14.6. The van der Waals surface area contributed by atoms with Gasteiger partial charge in [-0.25, -0.2) is 0 Å². The number of hydrogen-bond donors (Lipinski definition) is 1. The van der Waals surface area contributed by atoms with Crippen LogP contribution in [0.5, 0.6) is 5.75 Å². The van der Waals surface area contributed by atoms with Gasteiger partial charge in [0.2, 0.25) is 5.91 Å². The van der Waals surface area contributed by atoms with Gasteiger partial charge in [0.15, 0.2) is 0 Å². The summed E-state index contributed by atoms with van der Waals surface area (Å²) in [5.41, 5.74) is 2.69. The lowest BCUT2D eigenvalue weighted by Gasteiger charge is -2.18. The average Bonchev–Trinajstić information content (AvgIpc) is 2.61. The monoisotopic (exact) mass is 356 g/mol. The molecule has 1 N–H and O–H groups in total. The molecule has 0 radical (unpaired) electrons. The quantitative estimate of drug-likeness (QED) is 0.911. The van der Waals surface area contributed by atoms with Crippen LogP contribution in [0.2, 0.25) is 5.02 Å². The van der Waals surface area contributed by atoms with E-state index in [0.717, 1.165) is 11.3 Å². The average molecular weight is 357 g/mol. The van der Waals surface area contributed by atoms with Gasteiger partial charge in [-0.05, 0) is 48.5 Å². The van der Waals surface area contributed by atoms with Gasteiger partial charge in [-0.2, -0.15) is 0 Å². The van der Waals surface area contributed by atoms with Crippen LogP contribution in [0.1, 0.15) is 12.5 Å². The Balaban J connectivity index is 1.73. The second kappa shape index (κ2) is 6.99. The summed E-state index contributed by atoms with van der Waals surface area (Å²) in [7, 11) is 1.70. The highest BCUT2D eigenvalue weighted by Crippen LogP contribution is 2.29. The van der Waals surface area contributed by atoms with E-state index in [1.54, 1.807) is 55.6 Å². The molecule has 1 heterocycles. The van der Waals surface area contributed by atoms with E-state index in [1.807, 2.05) is 0 Å². The first kappa shape index (κ1) is 17.0. The number of nitrogens with zero attached hydrogens (tertiary/aromatic N) is 1. The van der Waals surface area contributed by atoms with Gasteiger partial charge in [0.25, 0.3) is 5.91 Å². The van der Waals surface area contributed by atoms with Crippen molar-refractivity contribution in [2.24, 2.45) is 0 Å². The van der Waals surface area contributed by atoms with Gasteiger partial charge in [-0.15, -0.1) is 0 Å². The standard InChI is InChI=1S/C19H17ClN2O3/c1-12(23)22(2)17-6-4-16(5-7-17)21-19(24)14-9-13-10-15(20)3-8-18(13)25-11-14/h3-10H,11H2,1-2H3,(H,21,24). The smallest absolute Gasteiger partial charge is 0.255 e. The minimum absolute atomic E-state index is 0.0568. The number of hydrogen-bond acceptors (Lipinski definition) is 3. The van der Waals surface area contributed by atoms with Crippen molar-refractivity contribution in [3.63, 3.8) is 0 Å². The van der Waals surface area contributed by atoms with Crippen molar-refractivity contribution in [3.8, 4) is 5.75 Å². The van der Waals surface area contributed by atoms with Crippen molar-refractivity contribution in [2.45, 2.75) is 6.92 Å². The summed E-state index contributed by atoms with van der Waals surface area (Å²) in [6, 6.07) is 12.3. The van der Waals surface area contributed by atoms with Crippen molar-refractivity contribution in [2.75, 3.05) is 23.9 Å². The van der Waals surface area contributed by atoms with Crippen molar-refractivity contribution >= 4 is 40.9 Å². The molecule has 2 amide bonds. The zero-order chi connectivity index (χ0) is 18.0. The molecule has 1 aliphatic heterocycles. The Hall–Kier alpha value is -2.79. The van der Waals surface area contributed by atoms with Crippen LogP contribution in [0.15, 0.2) is 48.0 Å². The second-order valence-corrected chi connectivity index (χ2v) is 6.16. The molecule has 0 fully saturated rings. The molecule has 0 unspecified atom stereocenters. The summed E-state index contributed by atoms with van der Waals surface area (Å²) in [6.45, 7) is 1.70. The third-order valence-electron chi connectivity index (χ3n) is 3.96. The summed E-state index contributed by atoms with van der Waals surface area (Å²) >= 11 is 5.98. The lowest BCUT2D eigenvalue weighted by atomic mass is 10.1. The highest BCUT2D eigenvalue weighted by molar-refractivity contribution is 6.30. The first-order chi connectivity index (χ1) is 11.9. The van der Waals surface area contributed by atoms with E-state index in [0.29, 0.717) is 22.0 Å². The van der Waals surface area contributed by atoms with Crippen LogP contribution in [0.4, 0.5) is 11.4 Å².